The summed E-state index contributed by atoms with van der Waals surface area (Å²) in [7, 11) is 0. The van der Waals surface area contributed by atoms with E-state index in [9.17, 15) is 9.59 Å². The van der Waals surface area contributed by atoms with Gasteiger partial charge in [0.15, 0.2) is 0 Å². The number of carbonyl (C=O) groups excluding carboxylic acids is 2. The molecule has 0 saturated carbocycles. The van der Waals surface area contributed by atoms with Crippen molar-refractivity contribution < 1.29 is 9.59 Å². The Morgan fingerprint density at radius 2 is 1.30 bits per heavy atom. The fourth-order valence-corrected chi connectivity index (χ4v) is 4.24. The lowest BCUT2D eigenvalue weighted by Gasteiger charge is -2.29. The third-order valence-corrected chi connectivity index (χ3v) is 4.58. The van der Waals surface area contributed by atoms with Gasteiger partial charge in [0.1, 0.15) is 0 Å². The first kappa shape index (κ1) is 15.4. The van der Waals surface area contributed by atoms with Crippen molar-refractivity contribution in [2.75, 3.05) is 0 Å². The predicted molar refractivity (Wildman–Crippen MR) is 84.2 cm³/mol. The molecule has 1 aromatic carbocycles. The molecule has 0 radical (unpaired) electrons. The second-order valence-electron chi connectivity index (χ2n) is 5.01. The summed E-state index contributed by atoms with van der Waals surface area (Å²) in [5, 5.41) is 1.82. The van der Waals surface area contributed by atoms with Crippen molar-refractivity contribution in [2.45, 2.75) is 38.2 Å². The quantitative estimate of drug-likeness (QED) is 0.614. The number of nitrogens with zero attached hydrogens (tertiary/aromatic N) is 2. The van der Waals surface area contributed by atoms with Gasteiger partial charge in [-0.1, -0.05) is 43.6 Å². The van der Waals surface area contributed by atoms with Crippen LogP contribution >= 0.6 is 23.9 Å². The van der Waals surface area contributed by atoms with Crippen molar-refractivity contribution in [3.05, 3.63) is 35.4 Å². The second kappa shape index (κ2) is 6.20. The van der Waals surface area contributed by atoms with Gasteiger partial charge in [-0.2, -0.15) is 5.01 Å². The molecule has 4 nitrogen and oxygen atoms in total. The second-order valence-corrected chi connectivity index (χ2v) is 8.24. The summed E-state index contributed by atoms with van der Waals surface area (Å²) in [6.07, 6.45) is 0. The topological polar surface area (TPSA) is 40.6 Å². The Kier molecular flexibility index (Phi) is 4.78. The zero-order valence-corrected chi connectivity index (χ0v) is 13.6. The predicted octanol–water partition coefficient (Wildman–Crippen LogP) is 3.61. The third kappa shape index (κ3) is 3.02. The number of hydrogen-bond acceptors (Lipinski definition) is 5. The van der Waals surface area contributed by atoms with E-state index in [4.69, 9.17) is 0 Å². The maximum atomic E-state index is 12.4. The summed E-state index contributed by atoms with van der Waals surface area (Å²) < 4.78 is 1.72. The van der Waals surface area contributed by atoms with Crippen LogP contribution in [0.3, 0.4) is 0 Å². The smallest absolute Gasteiger partial charge is 0.267 e. The molecule has 0 aliphatic carbocycles. The molecule has 0 saturated heterocycles. The monoisotopic (exact) mass is 310 g/mol. The summed E-state index contributed by atoms with van der Waals surface area (Å²) >= 11 is 2.97. The lowest BCUT2D eigenvalue weighted by Crippen LogP contribution is -2.39. The minimum atomic E-state index is -0.244. The molecule has 2 amide bonds. The minimum Gasteiger partial charge on any atom is -0.267 e. The number of amides is 2. The average molecular weight is 310 g/mol. The van der Waals surface area contributed by atoms with Crippen LogP contribution in [0, 0.1) is 0 Å². The van der Waals surface area contributed by atoms with E-state index in [-0.39, 0.29) is 22.3 Å². The number of benzene rings is 1. The van der Waals surface area contributed by atoms with Gasteiger partial charge in [0, 0.05) is 10.5 Å². The fourth-order valence-electron chi connectivity index (χ4n) is 1.80. The van der Waals surface area contributed by atoms with Crippen LogP contribution < -0.4 is 0 Å². The zero-order chi connectivity index (χ0) is 14.9. The van der Waals surface area contributed by atoms with E-state index < -0.39 is 0 Å². The van der Waals surface area contributed by atoms with Gasteiger partial charge in [0.05, 0.1) is 11.1 Å². The van der Waals surface area contributed by atoms with Crippen molar-refractivity contribution >= 4 is 35.7 Å². The largest absolute Gasteiger partial charge is 0.277 e. The van der Waals surface area contributed by atoms with E-state index in [0.717, 1.165) is 0 Å². The van der Waals surface area contributed by atoms with Crippen LogP contribution in [-0.2, 0) is 0 Å². The molecular weight excluding hydrogens is 292 g/mol. The maximum absolute atomic E-state index is 12.4. The first-order chi connectivity index (χ1) is 9.41. The molecule has 1 aromatic rings. The number of rotatable bonds is 5. The van der Waals surface area contributed by atoms with Crippen molar-refractivity contribution in [3.63, 3.8) is 0 Å². The van der Waals surface area contributed by atoms with Gasteiger partial charge in [-0.05, 0) is 36.0 Å². The molecule has 20 heavy (non-hydrogen) atoms. The molecule has 6 heteroatoms. The number of hydrazine groups is 1. The van der Waals surface area contributed by atoms with Gasteiger partial charge >= 0.3 is 0 Å². The van der Waals surface area contributed by atoms with Crippen molar-refractivity contribution in [1.82, 2.24) is 8.83 Å². The van der Waals surface area contributed by atoms with E-state index in [0.29, 0.717) is 11.1 Å². The minimum absolute atomic E-state index is 0.244. The number of fused-ring (bicyclic) bond motifs is 1. The van der Waals surface area contributed by atoms with Crippen molar-refractivity contribution in [2.24, 2.45) is 0 Å². The van der Waals surface area contributed by atoms with Crippen LogP contribution in [0.4, 0.5) is 0 Å². The van der Waals surface area contributed by atoms with Crippen LogP contribution in [0.1, 0.15) is 48.4 Å². The van der Waals surface area contributed by atoms with Crippen molar-refractivity contribution in [3.8, 4) is 0 Å². The molecule has 1 heterocycles. The molecule has 0 aromatic heterocycles. The molecule has 0 spiro atoms. The first-order valence-corrected chi connectivity index (χ1v) is 8.20. The normalized spacial score (nSPS) is 14.8. The van der Waals surface area contributed by atoms with Gasteiger partial charge in [0.2, 0.25) is 0 Å². The number of carbonyl (C=O) groups is 2. The van der Waals surface area contributed by atoms with Crippen LogP contribution in [0.5, 0.6) is 0 Å². The Labute approximate surface area is 128 Å². The molecule has 0 atom stereocenters. The molecule has 0 N–H and O–H groups in total. The van der Waals surface area contributed by atoms with Crippen LogP contribution in [0.15, 0.2) is 24.3 Å². The number of hydrogen-bond donors (Lipinski definition) is 0. The Hall–Kier alpha value is -0.980. The lowest BCUT2D eigenvalue weighted by molar-refractivity contribution is 0.0519. The van der Waals surface area contributed by atoms with Gasteiger partial charge < -0.3 is 0 Å². The maximum Gasteiger partial charge on any atom is 0.277 e. The van der Waals surface area contributed by atoms with E-state index in [1.807, 2.05) is 27.7 Å². The molecule has 0 bridgehead atoms. The molecular formula is C14H18N2O2S2. The third-order valence-electron chi connectivity index (χ3n) is 2.54. The highest BCUT2D eigenvalue weighted by atomic mass is 32.2. The van der Waals surface area contributed by atoms with Crippen molar-refractivity contribution in [1.29, 1.82) is 0 Å². The Bertz CT molecular complexity index is 487. The molecule has 108 valence electrons. The highest BCUT2D eigenvalue weighted by Crippen LogP contribution is 2.35. The summed E-state index contributed by atoms with van der Waals surface area (Å²) in [4.78, 5) is 24.9. The summed E-state index contributed by atoms with van der Waals surface area (Å²) in [5.74, 6) is -0.487. The Balaban J connectivity index is 2.31. The Morgan fingerprint density at radius 1 is 0.900 bits per heavy atom. The number of imide groups is 1. The molecule has 1 aliphatic heterocycles. The van der Waals surface area contributed by atoms with Gasteiger partial charge in [-0.25, -0.2) is 0 Å². The van der Waals surface area contributed by atoms with E-state index >= 15 is 0 Å². The van der Waals surface area contributed by atoms with E-state index in [2.05, 4.69) is 0 Å². The highest BCUT2D eigenvalue weighted by Gasteiger charge is 2.40. The van der Waals surface area contributed by atoms with Gasteiger partial charge in [-0.3, -0.25) is 9.59 Å². The SMILES string of the molecule is CC(C)SN(SC(C)C)N1C(=O)c2ccccc2C1=O. The summed E-state index contributed by atoms with van der Waals surface area (Å²) in [6, 6.07) is 6.97. The summed E-state index contributed by atoms with van der Waals surface area (Å²) in [6.45, 7) is 8.15. The molecule has 0 unspecified atom stereocenters. The summed E-state index contributed by atoms with van der Waals surface area (Å²) in [5.41, 5.74) is 0.965. The highest BCUT2D eigenvalue weighted by molar-refractivity contribution is 8.12. The standard InChI is InChI=1S/C14H18N2O2S2/c1-9(2)19-16(20-10(3)4)15-13(17)11-7-5-6-8-12(11)14(15)18/h5-10H,1-4H3. The van der Waals surface area contributed by atoms with Gasteiger partial charge in [0.25, 0.3) is 11.8 Å². The van der Waals surface area contributed by atoms with Crippen LogP contribution in [0.2, 0.25) is 0 Å². The van der Waals surface area contributed by atoms with Gasteiger partial charge in [-0.15, -0.1) is 0 Å². The van der Waals surface area contributed by atoms with E-state index in [1.165, 1.54) is 28.9 Å². The molecule has 2 rings (SSSR count). The van der Waals surface area contributed by atoms with Crippen LogP contribution in [-0.4, -0.2) is 31.1 Å². The molecule has 1 aliphatic rings. The first-order valence-electron chi connectivity index (χ1n) is 6.53. The fraction of sp³-hybridized carbons (Fsp3) is 0.429. The Morgan fingerprint density at radius 3 is 1.65 bits per heavy atom. The lowest BCUT2D eigenvalue weighted by atomic mass is 10.1. The van der Waals surface area contributed by atoms with E-state index in [1.54, 1.807) is 28.1 Å². The molecule has 0 fully saturated rings. The average Bonchev–Trinajstić information content (AvgIpc) is 2.61. The van der Waals surface area contributed by atoms with Crippen LogP contribution in [0.25, 0.3) is 0 Å². The zero-order valence-electron chi connectivity index (χ0n) is 12.0.